The summed E-state index contributed by atoms with van der Waals surface area (Å²) >= 11 is 1.41. The lowest BCUT2D eigenvalue weighted by Crippen LogP contribution is -2.39. The van der Waals surface area contributed by atoms with Crippen molar-refractivity contribution >= 4 is 44.8 Å². The Bertz CT molecular complexity index is 1500. The first-order valence-corrected chi connectivity index (χ1v) is 17.0. The van der Waals surface area contributed by atoms with Gasteiger partial charge in [-0.1, -0.05) is 75.2 Å². The summed E-state index contributed by atoms with van der Waals surface area (Å²) in [7, 11) is -3.71. The van der Waals surface area contributed by atoms with Gasteiger partial charge in [0.05, 0.1) is 21.2 Å². The number of unbranched alkanes of at least 4 members (excludes halogenated alkanes) is 1. The van der Waals surface area contributed by atoms with E-state index in [1.54, 1.807) is 36.4 Å². The molecule has 3 N–H and O–H groups in total. The molecule has 42 heavy (non-hydrogen) atoms. The smallest absolute Gasteiger partial charge is 0.258 e. The first-order valence-electron chi connectivity index (χ1n) is 14.2. The molecule has 0 fully saturated rings. The maximum Gasteiger partial charge on any atom is 0.258 e. The normalized spacial score (nSPS) is 18.4. The molecule has 0 spiro atoms. The van der Waals surface area contributed by atoms with Crippen LogP contribution in [0.15, 0.2) is 82.6 Å². The molecule has 0 bridgehead atoms. The van der Waals surface area contributed by atoms with Crippen molar-refractivity contribution in [2.45, 2.75) is 55.4 Å². The number of sulfone groups is 1. The number of nitrogens with zero attached hydrogens (tertiary/aromatic N) is 1. The Labute approximate surface area is 252 Å². The Kier molecular flexibility index (Phi) is 10.2. The van der Waals surface area contributed by atoms with Gasteiger partial charge < -0.3 is 20.7 Å². The number of rotatable bonds is 12. The quantitative estimate of drug-likeness (QED) is 0.255. The van der Waals surface area contributed by atoms with E-state index in [2.05, 4.69) is 24.1 Å². The van der Waals surface area contributed by atoms with Crippen LogP contribution in [-0.4, -0.2) is 45.4 Å². The highest BCUT2D eigenvalue weighted by Crippen LogP contribution is 2.47. The summed E-state index contributed by atoms with van der Waals surface area (Å²) in [6.45, 7) is 4.35. The van der Waals surface area contributed by atoms with Crippen LogP contribution < -0.4 is 20.7 Å². The van der Waals surface area contributed by atoms with Crippen molar-refractivity contribution in [3.05, 3.63) is 78.4 Å². The average Bonchev–Trinajstić information content (AvgIpc) is 3.09. The third-order valence-electron chi connectivity index (χ3n) is 7.82. The molecule has 4 rings (SSSR count). The number of fused-ring (bicyclic) bond motifs is 1. The summed E-state index contributed by atoms with van der Waals surface area (Å²) in [5, 5.41) is 2.62. The topological polar surface area (TPSA) is 119 Å². The van der Waals surface area contributed by atoms with E-state index in [-0.39, 0.29) is 10.6 Å². The molecule has 3 aromatic carbocycles. The molecule has 8 nitrogen and oxygen atoms in total. The monoisotopic (exact) mass is 609 g/mol. The number of carbonyl (C=O) groups excluding carboxylic acids is 2. The Hall–Kier alpha value is -3.50. The number of para-hydroxylation sites is 1. The van der Waals surface area contributed by atoms with Gasteiger partial charge in [0.15, 0.2) is 16.4 Å². The number of benzene rings is 3. The molecular formula is C32H39N3O5S2. The number of thioether (sulfide) groups is 1. The molecule has 1 aliphatic rings. The van der Waals surface area contributed by atoms with Gasteiger partial charge in [0.25, 0.3) is 5.91 Å². The van der Waals surface area contributed by atoms with E-state index in [1.807, 2.05) is 42.7 Å². The number of nitrogens with two attached hydrogens (primary N) is 1. The Balaban J connectivity index is 1.70. The molecule has 224 valence electrons. The summed E-state index contributed by atoms with van der Waals surface area (Å²) in [5.41, 5.74) is 7.20. The first kappa shape index (κ1) is 31.4. The predicted molar refractivity (Wildman–Crippen MR) is 168 cm³/mol. The maximum absolute atomic E-state index is 14.1. The van der Waals surface area contributed by atoms with Gasteiger partial charge in [-0.3, -0.25) is 9.59 Å². The van der Waals surface area contributed by atoms with E-state index in [0.717, 1.165) is 31.4 Å². The van der Waals surface area contributed by atoms with Crippen molar-refractivity contribution < 1.29 is 22.7 Å². The summed E-state index contributed by atoms with van der Waals surface area (Å²) in [6.07, 6.45) is 5.33. The lowest BCUT2D eigenvalue weighted by atomic mass is 9.81. The van der Waals surface area contributed by atoms with Gasteiger partial charge in [0.1, 0.15) is 11.8 Å². The van der Waals surface area contributed by atoms with E-state index >= 15 is 0 Å². The van der Waals surface area contributed by atoms with Gasteiger partial charge in [-0.2, -0.15) is 0 Å². The molecule has 2 atom stereocenters. The Morgan fingerprint density at radius 3 is 2.33 bits per heavy atom. The summed E-state index contributed by atoms with van der Waals surface area (Å²) < 4.78 is 34.0. The molecule has 0 saturated heterocycles. The van der Waals surface area contributed by atoms with Crippen molar-refractivity contribution in [2.24, 2.45) is 11.1 Å². The van der Waals surface area contributed by atoms with Crippen molar-refractivity contribution in [1.82, 2.24) is 5.32 Å². The molecule has 2 amide bonds. The van der Waals surface area contributed by atoms with Gasteiger partial charge in [-0.25, -0.2) is 8.42 Å². The van der Waals surface area contributed by atoms with Gasteiger partial charge in [0.2, 0.25) is 5.91 Å². The minimum atomic E-state index is -3.71. The standard InChI is InChI=1S/C32H39N3O5S2/c1-4-6-17-32(5-2)21-35(24-15-11-8-12-16-24)25-18-27(41-3)26(19-28(25)42(38,39)22-32)40-20-29(36)34-30(31(33)37)23-13-9-7-10-14-23/h7-16,18-19,30H,4-6,17,20-22H2,1-3H3,(H2,33,37)(H,34,36)/t30-,32?/m0/s1. The maximum atomic E-state index is 14.1. The van der Waals surface area contributed by atoms with E-state index < -0.39 is 39.7 Å². The molecule has 0 radical (unpaired) electrons. The third-order valence-corrected chi connectivity index (χ3v) is 10.6. The highest BCUT2D eigenvalue weighted by atomic mass is 32.2. The number of nitrogens with one attached hydrogen (secondary N) is 1. The summed E-state index contributed by atoms with van der Waals surface area (Å²) in [4.78, 5) is 27.9. The number of carbonyl (C=O) groups is 2. The third kappa shape index (κ3) is 7.10. The van der Waals surface area contributed by atoms with Crippen molar-refractivity contribution in [2.75, 3.05) is 30.1 Å². The first-order chi connectivity index (χ1) is 20.1. The second-order valence-electron chi connectivity index (χ2n) is 10.7. The minimum absolute atomic E-state index is 0.0305. The fraction of sp³-hybridized carbons (Fsp3) is 0.375. The van der Waals surface area contributed by atoms with Crippen LogP contribution in [0.4, 0.5) is 11.4 Å². The van der Waals surface area contributed by atoms with Crippen molar-refractivity contribution in [3.63, 3.8) is 0 Å². The van der Waals surface area contributed by atoms with Crippen molar-refractivity contribution in [3.8, 4) is 5.75 Å². The highest BCUT2D eigenvalue weighted by molar-refractivity contribution is 7.98. The van der Waals surface area contributed by atoms with Gasteiger partial charge >= 0.3 is 0 Å². The van der Waals surface area contributed by atoms with E-state index in [0.29, 0.717) is 28.4 Å². The van der Waals surface area contributed by atoms with Gasteiger partial charge in [-0.05, 0) is 42.9 Å². The van der Waals surface area contributed by atoms with Gasteiger partial charge in [0, 0.05) is 23.7 Å². The Morgan fingerprint density at radius 2 is 1.74 bits per heavy atom. The second kappa shape index (κ2) is 13.6. The molecule has 1 heterocycles. The fourth-order valence-corrected chi connectivity index (χ4v) is 8.18. The Morgan fingerprint density at radius 1 is 1.07 bits per heavy atom. The predicted octanol–water partition coefficient (Wildman–Crippen LogP) is 5.64. The number of anilines is 2. The van der Waals surface area contributed by atoms with Crippen LogP contribution in [0, 0.1) is 5.41 Å². The summed E-state index contributed by atoms with van der Waals surface area (Å²) in [6, 6.07) is 20.9. The van der Waals surface area contributed by atoms with Crippen LogP contribution in [0.25, 0.3) is 0 Å². The molecule has 1 aliphatic heterocycles. The van der Waals surface area contributed by atoms with E-state index in [1.165, 1.54) is 11.8 Å². The zero-order valence-electron chi connectivity index (χ0n) is 24.3. The lowest BCUT2D eigenvalue weighted by Gasteiger charge is -2.36. The number of primary amides is 1. The zero-order valence-corrected chi connectivity index (χ0v) is 26.0. The lowest BCUT2D eigenvalue weighted by molar-refractivity contribution is -0.128. The van der Waals surface area contributed by atoms with Crippen LogP contribution in [0.3, 0.4) is 0 Å². The number of hydrogen-bond donors (Lipinski definition) is 2. The molecule has 0 saturated carbocycles. The molecular weight excluding hydrogens is 571 g/mol. The molecule has 3 aromatic rings. The van der Waals surface area contributed by atoms with Crippen LogP contribution in [0.2, 0.25) is 0 Å². The largest absolute Gasteiger partial charge is 0.483 e. The molecule has 0 aliphatic carbocycles. The minimum Gasteiger partial charge on any atom is -0.483 e. The molecule has 1 unspecified atom stereocenters. The SMILES string of the molecule is CCCCC1(CC)CN(c2ccccc2)c2cc(SC)c(OCC(=O)N[C@H](C(N)=O)c3ccccc3)cc2S(=O)(=O)C1. The molecule has 0 aromatic heterocycles. The number of amides is 2. The number of hydrogen-bond acceptors (Lipinski definition) is 7. The van der Waals surface area contributed by atoms with Crippen LogP contribution in [-0.2, 0) is 19.4 Å². The van der Waals surface area contributed by atoms with Crippen LogP contribution >= 0.6 is 11.8 Å². The number of ether oxygens (including phenoxy) is 1. The van der Waals surface area contributed by atoms with Crippen LogP contribution in [0.1, 0.15) is 51.1 Å². The zero-order chi connectivity index (χ0) is 30.3. The van der Waals surface area contributed by atoms with Gasteiger partial charge in [-0.15, -0.1) is 11.8 Å². The van der Waals surface area contributed by atoms with E-state index in [4.69, 9.17) is 10.5 Å². The summed E-state index contributed by atoms with van der Waals surface area (Å²) in [5.74, 6) is -0.925. The second-order valence-corrected chi connectivity index (χ2v) is 13.5. The molecule has 10 heteroatoms. The highest BCUT2D eigenvalue weighted by Gasteiger charge is 2.42. The van der Waals surface area contributed by atoms with Crippen molar-refractivity contribution in [1.29, 1.82) is 0 Å². The van der Waals surface area contributed by atoms with Crippen LogP contribution in [0.5, 0.6) is 5.75 Å². The average molecular weight is 610 g/mol. The van der Waals surface area contributed by atoms with E-state index in [9.17, 15) is 18.0 Å². The fourth-order valence-electron chi connectivity index (χ4n) is 5.45.